The minimum Gasteiger partial charge on any atom is -0.481 e. The minimum absolute atomic E-state index is 0.0510. The number of carbonyl (C=O) groups is 1. The Kier molecular flexibility index (Phi) is 8.76. The highest BCUT2D eigenvalue weighted by molar-refractivity contribution is 5.67. The Bertz CT molecular complexity index is 349. The number of carboxylic acid groups (broad SMARTS) is 1. The van der Waals surface area contributed by atoms with E-state index in [0.29, 0.717) is 0 Å². The number of nitrogens with zero attached hydrogens (tertiary/aromatic N) is 2. The van der Waals surface area contributed by atoms with Crippen LogP contribution in [0.1, 0.15) is 77.2 Å². The number of rotatable bonds is 12. The van der Waals surface area contributed by atoms with Crippen LogP contribution in [0.2, 0.25) is 0 Å². The third-order valence-corrected chi connectivity index (χ3v) is 3.75. The van der Waals surface area contributed by atoms with Crippen molar-refractivity contribution in [3.63, 3.8) is 0 Å². The number of aromatic nitrogens is 2. The molecule has 114 valence electrons. The molecular weight excluding hydrogens is 252 g/mol. The summed E-state index contributed by atoms with van der Waals surface area (Å²) < 4.78 is 1.93. The molecule has 0 bridgehead atoms. The lowest BCUT2D eigenvalue weighted by Gasteiger charge is -2.16. The van der Waals surface area contributed by atoms with E-state index in [1.165, 1.54) is 44.9 Å². The van der Waals surface area contributed by atoms with Gasteiger partial charge in [0.2, 0.25) is 0 Å². The fourth-order valence-electron chi connectivity index (χ4n) is 2.56. The van der Waals surface area contributed by atoms with Gasteiger partial charge in [0.15, 0.2) is 0 Å². The average molecular weight is 280 g/mol. The Morgan fingerprint density at radius 1 is 1.15 bits per heavy atom. The first-order valence-electron chi connectivity index (χ1n) is 7.93. The van der Waals surface area contributed by atoms with Crippen LogP contribution in [0.15, 0.2) is 18.7 Å². The molecule has 0 aliphatic heterocycles. The van der Waals surface area contributed by atoms with Crippen molar-refractivity contribution in [3.05, 3.63) is 18.7 Å². The van der Waals surface area contributed by atoms with Crippen molar-refractivity contribution >= 4 is 5.97 Å². The van der Waals surface area contributed by atoms with Gasteiger partial charge in [0.1, 0.15) is 0 Å². The van der Waals surface area contributed by atoms with E-state index in [9.17, 15) is 4.79 Å². The molecule has 0 aromatic carbocycles. The highest BCUT2D eigenvalue weighted by atomic mass is 16.4. The summed E-state index contributed by atoms with van der Waals surface area (Å²) in [5.74, 6) is -0.733. The molecule has 1 unspecified atom stereocenters. The fraction of sp³-hybridized carbons (Fsp3) is 0.750. The summed E-state index contributed by atoms with van der Waals surface area (Å²) in [6, 6.07) is 0.0510. The highest BCUT2D eigenvalue weighted by Gasteiger charge is 2.14. The molecule has 0 saturated carbocycles. The smallest absolute Gasteiger partial charge is 0.305 e. The van der Waals surface area contributed by atoms with Crippen LogP contribution >= 0.6 is 0 Å². The van der Waals surface area contributed by atoms with Gasteiger partial charge in [0.05, 0.1) is 12.7 Å². The predicted octanol–water partition coefficient (Wildman–Crippen LogP) is 4.43. The summed E-state index contributed by atoms with van der Waals surface area (Å²) in [6.45, 7) is 2.23. The molecule has 1 aromatic heterocycles. The van der Waals surface area contributed by atoms with Crippen molar-refractivity contribution in [1.82, 2.24) is 9.55 Å². The number of hydrogen-bond acceptors (Lipinski definition) is 2. The molecule has 1 aromatic rings. The molecule has 0 fully saturated rings. The fourth-order valence-corrected chi connectivity index (χ4v) is 2.56. The Morgan fingerprint density at radius 2 is 1.80 bits per heavy atom. The van der Waals surface area contributed by atoms with Crippen LogP contribution in [-0.2, 0) is 4.79 Å². The highest BCUT2D eigenvalue weighted by Crippen LogP contribution is 2.20. The first-order chi connectivity index (χ1) is 9.74. The SMILES string of the molecule is CCCCCCCCCCC(CC(=O)O)n1ccnc1. The van der Waals surface area contributed by atoms with Gasteiger partial charge in [-0.1, -0.05) is 58.3 Å². The van der Waals surface area contributed by atoms with Crippen LogP contribution in [-0.4, -0.2) is 20.6 Å². The quantitative estimate of drug-likeness (QED) is 0.576. The van der Waals surface area contributed by atoms with E-state index in [-0.39, 0.29) is 12.5 Å². The largest absolute Gasteiger partial charge is 0.481 e. The van der Waals surface area contributed by atoms with Crippen LogP contribution in [0, 0.1) is 0 Å². The van der Waals surface area contributed by atoms with Gasteiger partial charge in [-0.3, -0.25) is 4.79 Å². The maximum atomic E-state index is 10.9. The standard InChI is InChI=1S/C16H28N2O2/c1-2-3-4-5-6-7-8-9-10-15(13-16(19)20)18-12-11-17-14-18/h11-12,14-15H,2-10,13H2,1H3,(H,19,20). The van der Waals surface area contributed by atoms with E-state index in [0.717, 1.165) is 12.8 Å². The third-order valence-electron chi connectivity index (χ3n) is 3.75. The zero-order valence-corrected chi connectivity index (χ0v) is 12.6. The third kappa shape index (κ3) is 7.31. The number of hydrogen-bond donors (Lipinski definition) is 1. The van der Waals surface area contributed by atoms with Crippen molar-refractivity contribution in [2.24, 2.45) is 0 Å². The lowest BCUT2D eigenvalue weighted by atomic mass is 10.0. The summed E-state index contributed by atoms with van der Waals surface area (Å²) >= 11 is 0. The van der Waals surface area contributed by atoms with Crippen molar-refractivity contribution in [1.29, 1.82) is 0 Å². The van der Waals surface area contributed by atoms with Crippen molar-refractivity contribution < 1.29 is 9.90 Å². The second kappa shape index (κ2) is 10.5. The van der Waals surface area contributed by atoms with Gasteiger partial charge in [-0.15, -0.1) is 0 Å². The van der Waals surface area contributed by atoms with Crippen LogP contribution < -0.4 is 0 Å². The van der Waals surface area contributed by atoms with E-state index in [4.69, 9.17) is 5.11 Å². The van der Waals surface area contributed by atoms with Gasteiger partial charge >= 0.3 is 5.97 Å². The van der Waals surface area contributed by atoms with Gasteiger partial charge in [-0.2, -0.15) is 0 Å². The molecule has 1 N–H and O–H groups in total. The predicted molar refractivity (Wildman–Crippen MR) is 80.7 cm³/mol. The minimum atomic E-state index is -0.733. The van der Waals surface area contributed by atoms with Crippen molar-refractivity contribution in [2.75, 3.05) is 0 Å². The van der Waals surface area contributed by atoms with Crippen molar-refractivity contribution in [2.45, 2.75) is 77.2 Å². The summed E-state index contributed by atoms with van der Waals surface area (Å²) in [5, 5.41) is 8.97. The summed E-state index contributed by atoms with van der Waals surface area (Å²) in [4.78, 5) is 14.9. The van der Waals surface area contributed by atoms with E-state index in [1.807, 2.05) is 10.8 Å². The maximum absolute atomic E-state index is 10.9. The zero-order chi connectivity index (χ0) is 14.6. The first-order valence-corrected chi connectivity index (χ1v) is 7.93. The molecule has 1 heterocycles. The second-order valence-electron chi connectivity index (χ2n) is 5.53. The van der Waals surface area contributed by atoms with E-state index >= 15 is 0 Å². The topological polar surface area (TPSA) is 55.1 Å². The molecule has 0 spiro atoms. The molecule has 1 atom stereocenters. The molecule has 4 nitrogen and oxygen atoms in total. The van der Waals surface area contributed by atoms with Gasteiger partial charge in [-0.05, 0) is 6.42 Å². The Labute approximate surface area is 122 Å². The lowest BCUT2D eigenvalue weighted by molar-refractivity contribution is -0.138. The molecule has 0 radical (unpaired) electrons. The van der Waals surface area contributed by atoms with E-state index in [1.54, 1.807) is 12.5 Å². The second-order valence-corrected chi connectivity index (χ2v) is 5.53. The summed E-state index contributed by atoms with van der Waals surface area (Å²) in [5.41, 5.74) is 0. The molecule has 1 rings (SSSR count). The molecule has 0 saturated heterocycles. The van der Waals surface area contributed by atoms with Gasteiger partial charge in [0, 0.05) is 18.4 Å². The average Bonchev–Trinajstić information content (AvgIpc) is 2.94. The first kappa shape index (κ1) is 16.7. The molecule has 0 aliphatic rings. The number of carboxylic acids is 1. The van der Waals surface area contributed by atoms with Gasteiger partial charge in [0.25, 0.3) is 0 Å². The monoisotopic (exact) mass is 280 g/mol. The van der Waals surface area contributed by atoms with Crippen LogP contribution in [0.4, 0.5) is 0 Å². The normalized spacial score (nSPS) is 12.4. The molecule has 20 heavy (non-hydrogen) atoms. The Hall–Kier alpha value is -1.32. The molecule has 0 aliphatic carbocycles. The molecule has 4 heteroatoms. The molecular formula is C16H28N2O2. The Morgan fingerprint density at radius 3 is 2.35 bits per heavy atom. The van der Waals surface area contributed by atoms with Crippen molar-refractivity contribution in [3.8, 4) is 0 Å². The lowest BCUT2D eigenvalue weighted by Crippen LogP contribution is -2.12. The summed E-state index contributed by atoms with van der Waals surface area (Å²) in [6.07, 6.45) is 16.6. The van der Waals surface area contributed by atoms with E-state index < -0.39 is 5.97 Å². The van der Waals surface area contributed by atoms with E-state index in [2.05, 4.69) is 11.9 Å². The van der Waals surface area contributed by atoms with Gasteiger partial charge in [-0.25, -0.2) is 4.98 Å². The summed E-state index contributed by atoms with van der Waals surface area (Å²) in [7, 11) is 0. The van der Waals surface area contributed by atoms with Crippen LogP contribution in [0.5, 0.6) is 0 Å². The Balaban J connectivity index is 2.15. The maximum Gasteiger partial charge on any atom is 0.305 e. The van der Waals surface area contributed by atoms with Crippen LogP contribution in [0.3, 0.4) is 0 Å². The number of aliphatic carboxylic acids is 1. The number of unbranched alkanes of at least 4 members (excludes halogenated alkanes) is 7. The van der Waals surface area contributed by atoms with Gasteiger partial charge < -0.3 is 9.67 Å². The van der Waals surface area contributed by atoms with Crippen LogP contribution in [0.25, 0.3) is 0 Å². The molecule has 0 amide bonds. The zero-order valence-electron chi connectivity index (χ0n) is 12.6. The number of imidazole rings is 1.